The molecule has 0 amide bonds. The third kappa shape index (κ3) is 3.76. The number of fused-ring (bicyclic) bond motifs is 1. The molecule has 2 aromatic rings. The molecule has 5 nitrogen and oxygen atoms in total. The van der Waals surface area contributed by atoms with Crippen molar-refractivity contribution in [1.82, 2.24) is 19.8 Å². The number of anilines is 1. The van der Waals surface area contributed by atoms with Gasteiger partial charge >= 0.3 is 0 Å². The Bertz CT molecular complexity index is 843. The first-order valence-corrected chi connectivity index (χ1v) is 11.0. The summed E-state index contributed by atoms with van der Waals surface area (Å²) in [6, 6.07) is 7.96. The van der Waals surface area contributed by atoms with Crippen molar-refractivity contribution in [3.8, 4) is 0 Å². The lowest BCUT2D eigenvalue weighted by atomic mass is 9.91. The molecule has 1 aromatic carbocycles. The van der Waals surface area contributed by atoms with Gasteiger partial charge in [-0.25, -0.2) is 14.4 Å². The van der Waals surface area contributed by atoms with E-state index in [1.165, 1.54) is 24.8 Å². The molecule has 1 aliphatic carbocycles. The van der Waals surface area contributed by atoms with Gasteiger partial charge in [-0.3, -0.25) is 9.80 Å². The second kappa shape index (κ2) is 8.00. The molecule has 0 N–H and O–H groups in total. The summed E-state index contributed by atoms with van der Waals surface area (Å²) in [4.78, 5) is 16.9. The topological polar surface area (TPSA) is 35.5 Å². The van der Waals surface area contributed by atoms with Crippen LogP contribution in [0.25, 0.3) is 0 Å². The molecule has 5 rings (SSSR count). The number of rotatable bonds is 4. The first-order chi connectivity index (χ1) is 14.2. The molecule has 0 radical (unpaired) electrons. The van der Waals surface area contributed by atoms with Crippen LogP contribution in [0.5, 0.6) is 0 Å². The van der Waals surface area contributed by atoms with Crippen LogP contribution in [-0.2, 0) is 13.0 Å². The molecule has 0 spiro atoms. The van der Waals surface area contributed by atoms with E-state index in [2.05, 4.69) is 26.6 Å². The number of nitrogens with zero attached hydrogens (tertiary/aromatic N) is 5. The van der Waals surface area contributed by atoms with Gasteiger partial charge in [0, 0.05) is 56.9 Å². The zero-order valence-corrected chi connectivity index (χ0v) is 17.2. The number of benzene rings is 1. The van der Waals surface area contributed by atoms with Crippen LogP contribution in [0.15, 0.2) is 30.6 Å². The normalized spacial score (nSPS) is 22.2. The lowest BCUT2D eigenvalue weighted by Crippen LogP contribution is -2.52. The van der Waals surface area contributed by atoms with Gasteiger partial charge in [0.05, 0.1) is 5.69 Å². The molecule has 3 heterocycles. The second-order valence-electron chi connectivity index (χ2n) is 8.68. The highest BCUT2D eigenvalue weighted by atomic mass is 19.1. The van der Waals surface area contributed by atoms with Crippen molar-refractivity contribution >= 4 is 5.82 Å². The SMILES string of the molecule is CC(c1ccc(F)cc1)N1CCc2c(ncnc2N2CCN(C3CCC3)CC2)C1. The summed E-state index contributed by atoms with van der Waals surface area (Å²) in [6.45, 7) is 8.43. The van der Waals surface area contributed by atoms with Gasteiger partial charge in [-0.1, -0.05) is 18.6 Å². The Morgan fingerprint density at radius 2 is 1.76 bits per heavy atom. The number of aromatic nitrogens is 2. The maximum Gasteiger partial charge on any atom is 0.135 e. The first kappa shape index (κ1) is 18.9. The predicted octanol–water partition coefficient (Wildman–Crippen LogP) is 3.41. The van der Waals surface area contributed by atoms with E-state index < -0.39 is 0 Å². The van der Waals surface area contributed by atoms with E-state index in [1.54, 1.807) is 18.5 Å². The highest BCUT2D eigenvalue weighted by Gasteiger charge is 2.31. The summed E-state index contributed by atoms with van der Waals surface area (Å²) in [5, 5.41) is 0. The Balaban J connectivity index is 1.28. The van der Waals surface area contributed by atoms with Gasteiger partial charge in [0.25, 0.3) is 0 Å². The molecule has 1 unspecified atom stereocenters. The van der Waals surface area contributed by atoms with Crippen molar-refractivity contribution in [3.05, 3.63) is 53.2 Å². The van der Waals surface area contributed by atoms with Crippen molar-refractivity contribution in [3.63, 3.8) is 0 Å². The Hall–Kier alpha value is -2.05. The van der Waals surface area contributed by atoms with Crippen LogP contribution < -0.4 is 4.90 Å². The molecule has 0 bridgehead atoms. The fourth-order valence-electron chi connectivity index (χ4n) is 4.96. The lowest BCUT2D eigenvalue weighted by molar-refractivity contribution is 0.120. The van der Waals surface area contributed by atoms with Crippen LogP contribution in [0.3, 0.4) is 0 Å². The summed E-state index contributed by atoms with van der Waals surface area (Å²) < 4.78 is 13.3. The summed E-state index contributed by atoms with van der Waals surface area (Å²) in [5.41, 5.74) is 3.63. The zero-order valence-electron chi connectivity index (χ0n) is 17.2. The molecule has 2 fully saturated rings. The van der Waals surface area contributed by atoms with Crippen LogP contribution in [-0.4, -0.2) is 58.5 Å². The summed E-state index contributed by atoms with van der Waals surface area (Å²) in [5.74, 6) is 0.970. The van der Waals surface area contributed by atoms with Crippen LogP contribution in [0.1, 0.15) is 49.0 Å². The molecule has 3 aliphatic rings. The molecule has 1 saturated carbocycles. The van der Waals surface area contributed by atoms with Gasteiger partial charge in [-0.2, -0.15) is 0 Å². The van der Waals surface area contributed by atoms with Gasteiger partial charge in [0.2, 0.25) is 0 Å². The van der Waals surface area contributed by atoms with E-state index >= 15 is 0 Å². The van der Waals surface area contributed by atoms with Crippen molar-refractivity contribution in [2.45, 2.75) is 51.2 Å². The largest absolute Gasteiger partial charge is 0.354 e. The van der Waals surface area contributed by atoms with Crippen molar-refractivity contribution in [1.29, 1.82) is 0 Å². The molecule has 154 valence electrons. The minimum Gasteiger partial charge on any atom is -0.354 e. The summed E-state index contributed by atoms with van der Waals surface area (Å²) in [6.07, 6.45) is 6.87. The van der Waals surface area contributed by atoms with Crippen molar-refractivity contribution in [2.75, 3.05) is 37.6 Å². The number of hydrogen-bond acceptors (Lipinski definition) is 5. The number of hydrogen-bond donors (Lipinski definition) is 0. The van der Waals surface area contributed by atoms with Gasteiger partial charge in [-0.15, -0.1) is 0 Å². The molecular weight excluding hydrogens is 365 g/mol. The van der Waals surface area contributed by atoms with E-state index in [4.69, 9.17) is 4.98 Å². The molecular formula is C23H30FN5. The van der Waals surface area contributed by atoms with Crippen molar-refractivity contribution in [2.24, 2.45) is 0 Å². The van der Waals surface area contributed by atoms with Gasteiger partial charge in [0.15, 0.2) is 0 Å². The standard InChI is InChI=1S/C23H30FN5/c1-17(18-5-7-19(24)8-6-18)29-10-9-21-22(15-29)25-16-26-23(21)28-13-11-27(12-14-28)20-3-2-4-20/h5-8,16-17,20H,2-4,9-15H2,1H3. The highest BCUT2D eigenvalue weighted by Crippen LogP contribution is 2.32. The molecule has 2 aliphatic heterocycles. The van der Waals surface area contributed by atoms with Gasteiger partial charge in [-0.05, 0) is 43.9 Å². The Morgan fingerprint density at radius 1 is 1.00 bits per heavy atom. The smallest absolute Gasteiger partial charge is 0.135 e. The molecule has 1 saturated heterocycles. The van der Waals surface area contributed by atoms with Crippen molar-refractivity contribution < 1.29 is 4.39 Å². The minimum atomic E-state index is -0.181. The Morgan fingerprint density at radius 3 is 2.45 bits per heavy atom. The third-order valence-electron chi connectivity index (χ3n) is 7.12. The second-order valence-corrected chi connectivity index (χ2v) is 8.68. The highest BCUT2D eigenvalue weighted by molar-refractivity contribution is 5.50. The average molecular weight is 396 g/mol. The first-order valence-electron chi connectivity index (χ1n) is 11.0. The van der Waals surface area contributed by atoms with E-state index in [1.807, 2.05) is 12.1 Å². The van der Waals surface area contributed by atoms with Gasteiger partial charge in [0.1, 0.15) is 18.0 Å². The monoisotopic (exact) mass is 395 g/mol. The number of halogens is 1. The minimum absolute atomic E-state index is 0.181. The quantitative estimate of drug-likeness (QED) is 0.793. The Kier molecular flexibility index (Phi) is 5.22. The summed E-state index contributed by atoms with van der Waals surface area (Å²) in [7, 11) is 0. The van der Waals surface area contributed by atoms with E-state index in [9.17, 15) is 4.39 Å². The molecule has 29 heavy (non-hydrogen) atoms. The van der Waals surface area contributed by atoms with Crippen LogP contribution in [0.2, 0.25) is 0 Å². The average Bonchev–Trinajstić information content (AvgIpc) is 2.72. The summed E-state index contributed by atoms with van der Waals surface area (Å²) >= 11 is 0. The third-order valence-corrected chi connectivity index (χ3v) is 7.12. The molecule has 1 atom stereocenters. The van der Waals surface area contributed by atoms with E-state index in [0.29, 0.717) is 0 Å². The maximum atomic E-state index is 13.3. The lowest BCUT2D eigenvalue weighted by Gasteiger charge is -2.44. The van der Waals surface area contributed by atoms with Crippen LogP contribution in [0, 0.1) is 5.82 Å². The van der Waals surface area contributed by atoms with Crippen LogP contribution >= 0.6 is 0 Å². The molecule has 1 aromatic heterocycles. The van der Waals surface area contributed by atoms with Crippen LogP contribution in [0.4, 0.5) is 10.2 Å². The van der Waals surface area contributed by atoms with E-state index in [0.717, 1.165) is 68.8 Å². The zero-order chi connectivity index (χ0) is 19.8. The molecule has 6 heteroatoms. The fourth-order valence-corrected chi connectivity index (χ4v) is 4.96. The predicted molar refractivity (Wildman–Crippen MR) is 112 cm³/mol. The number of piperazine rings is 1. The van der Waals surface area contributed by atoms with E-state index in [-0.39, 0.29) is 11.9 Å². The Labute approximate surface area is 172 Å². The fraction of sp³-hybridized carbons (Fsp3) is 0.565. The maximum absolute atomic E-state index is 13.3. The van der Waals surface area contributed by atoms with Gasteiger partial charge < -0.3 is 4.90 Å².